The van der Waals surface area contributed by atoms with E-state index in [4.69, 9.17) is 16.3 Å². The van der Waals surface area contributed by atoms with Gasteiger partial charge in [-0.2, -0.15) is 0 Å². The molecule has 0 saturated carbocycles. The zero-order chi connectivity index (χ0) is 11.9. The van der Waals surface area contributed by atoms with E-state index in [1.165, 1.54) is 19.2 Å². The summed E-state index contributed by atoms with van der Waals surface area (Å²) < 4.78 is 4.94. The van der Waals surface area contributed by atoms with Crippen LogP contribution in [0, 0.1) is 5.92 Å². The van der Waals surface area contributed by atoms with E-state index >= 15 is 0 Å². The largest absolute Gasteiger partial charge is 0.497 e. The van der Waals surface area contributed by atoms with E-state index < -0.39 is 22.7 Å². The minimum atomic E-state index is -1.39. The summed E-state index contributed by atoms with van der Waals surface area (Å²) in [5, 5.41) is -0.940. The highest BCUT2D eigenvalue weighted by Crippen LogP contribution is 2.30. The van der Waals surface area contributed by atoms with E-state index in [1.54, 1.807) is 6.07 Å². The van der Waals surface area contributed by atoms with E-state index in [0.717, 1.165) is 0 Å². The summed E-state index contributed by atoms with van der Waals surface area (Å²) in [6.45, 7) is 0. The standard InChI is InChI=1S/C11H7ClO4/c1-16-5-2-3-6-7(4-5)10(14)8(9(6)13)11(12)15/h2-4,8H,1H3. The van der Waals surface area contributed by atoms with Crippen molar-refractivity contribution < 1.29 is 19.1 Å². The molecule has 0 aromatic heterocycles. The molecule has 0 amide bonds. The molecule has 0 radical (unpaired) electrons. The van der Waals surface area contributed by atoms with Gasteiger partial charge in [0, 0.05) is 11.1 Å². The number of halogens is 1. The number of benzene rings is 1. The summed E-state index contributed by atoms with van der Waals surface area (Å²) in [7, 11) is 1.45. The Bertz CT molecular complexity index is 507. The molecule has 82 valence electrons. The van der Waals surface area contributed by atoms with Crippen LogP contribution in [0.2, 0.25) is 0 Å². The van der Waals surface area contributed by atoms with E-state index in [-0.39, 0.29) is 11.1 Å². The number of Topliss-reactive ketones (excluding diaryl/α,β-unsaturated/α-hetero) is 2. The first-order valence-electron chi connectivity index (χ1n) is 4.52. The molecule has 0 aliphatic heterocycles. The summed E-state index contributed by atoms with van der Waals surface area (Å²) in [5.41, 5.74) is 0.424. The van der Waals surface area contributed by atoms with Crippen molar-refractivity contribution in [3.63, 3.8) is 0 Å². The van der Waals surface area contributed by atoms with E-state index in [0.29, 0.717) is 5.75 Å². The van der Waals surface area contributed by atoms with Gasteiger partial charge in [0.1, 0.15) is 5.75 Å². The molecular formula is C11H7ClO4. The molecule has 4 nitrogen and oxygen atoms in total. The zero-order valence-electron chi connectivity index (χ0n) is 8.32. The van der Waals surface area contributed by atoms with Crippen molar-refractivity contribution in [1.29, 1.82) is 0 Å². The Balaban J connectivity index is 2.55. The number of carbonyl (C=O) groups is 3. The van der Waals surface area contributed by atoms with Crippen LogP contribution in [0.1, 0.15) is 20.7 Å². The molecule has 1 aliphatic rings. The number of fused-ring (bicyclic) bond motifs is 1. The Morgan fingerprint density at radius 3 is 2.44 bits per heavy atom. The lowest BCUT2D eigenvalue weighted by Crippen LogP contribution is -2.21. The van der Waals surface area contributed by atoms with E-state index in [1.807, 2.05) is 0 Å². The van der Waals surface area contributed by atoms with Crippen LogP contribution in [0.4, 0.5) is 0 Å². The Hall–Kier alpha value is -1.68. The molecule has 2 rings (SSSR count). The maximum absolute atomic E-state index is 11.7. The van der Waals surface area contributed by atoms with Crippen LogP contribution in [0.15, 0.2) is 18.2 Å². The second-order valence-corrected chi connectivity index (χ2v) is 3.75. The van der Waals surface area contributed by atoms with Crippen LogP contribution in [0.5, 0.6) is 5.75 Å². The molecule has 0 spiro atoms. The monoisotopic (exact) mass is 238 g/mol. The third kappa shape index (κ3) is 1.42. The first-order chi connectivity index (χ1) is 7.56. The molecule has 1 aliphatic carbocycles. The lowest BCUT2D eigenvalue weighted by atomic mass is 10.1. The molecule has 1 aromatic carbocycles. The molecule has 5 heteroatoms. The van der Waals surface area contributed by atoms with Crippen LogP contribution >= 0.6 is 11.6 Å². The summed E-state index contributed by atoms with van der Waals surface area (Å²) in [6, 6.07) is 4.47. The maximum atomic E-state index is 11.7. The number of rotatable bonds is 2. The van der Waals surface area contributed by atoms with Gasteiger partial charge in [0.2, 0.25) is 5.24 Å². The van der Waals surface area contributed by atoms with Gasteiger partial charge in [0.05, 0.1) is 7.11 Å². The highest BCUT2D eigenvalue weighted by molar-refractivity contribution is 6.69. The highest BCUT2D eigenvalue weighted by atomic mass is 35.5. The van der Waals surface area contributed by atoms with Gasteiger partial charge in [-0.25, -0.2) is 0 Å². The fourth-order valence-corrected chi connectivity index (χ4v) is 1.90. The van der Waals surface area contributed by atoms with Crippen molar-refractivity contribution in [2.24, 2.45) is 5.92 Å². The Labute approximate surface area is 96.2 Å². The minimum Gasteiger partial charge on any atom is -0.497 e. The molecule has 0 N–H and O–H groups in total. The lowest BCUT2D eigenvalue weighted by Gasteiger charge is -2.00. The maximum Gasteiger partial charge on any atom is 0.240 e. The summed E-state index contributed by atoms with van der Waals surface area (Å²) in [4.78, 5) is 34.4. The summed E-state index contributed by atoms with van der Waals surface area (Å²) in [5.74, 6) is -2.02. The first kappa shape index (κ1) is 10.8. The predicted octanol–water partition coefficient (Wildman–Crippen LogP) is 1.46. The van der Waals surface area contributed by atoms with Gasteiger partial charge in [-0.15, -0.1) is 0 Å². The number of methoxy groups -OCH3 is 1. The van der Waals surface area contributed by atoms with Gasteiger partial charge in [-0.3, -0.25) is 14.4 Å². The van der Waals surface area contributed by atoms with Crippen molar-refractivity contribution in [2.75, 3.05) is 7.11 Å². The zero-order valence-corrected chi connectivity index (χ0v) is 9.08. The Kier molecular flexibility index (Phi) is 2.52. The van der Waals surface area contributed by atoms with Gasteiger partial charge in [-0.05, 0) is 29.8 Å². The molecule has 1 atom stereocenters. The molecule has 0 bridgehead atoms. The first-order valence-corrected chi connectivity index (χ1v) is 4.90. The predicted molar refractivity (Wildman–Crippen MR) is 56.0 cm³/mol. The number of carbonyl (C=O) groups excluding carboxylic acids is 3. The summed E-state index contributed by atoms with van der Waals surface area (Å²) >= 11 is 5.23. The van der Waals surface area contributed by atoms with Crippen molar-refractivity contribution >= 4 is 28.4 Å². The lowest BCUT2D eigenvalue weighted by molar-refractivity contribution is -0.112. The molecular weight excluding hydrogens is 232 g/mol. The van der Waals surface area contributed by atoms with Gasteiger partial charge < -0.3 is 4.74 Å². The van der Waals surface area contributed by atoms with Crippen LogP contribution in [0.25, 0.3) is 0 Å². The van der Waals surface area contributed by atoms with Crippen LogP contribution < -0.4 is 4.74 Å². The number of ketones is 2. The fourth-order valence-electron chi connectivity index (χ4n) is 1.71. The molecule has 1 aromatic rings. The number of hydrogen-bond acceptors (Lipinski definition) is 4. The average Bonchev–Trinajstić information content (AvgIpc) is 2.51. The quantitative estimate of drug-likeness (QED) is 0.578. The third-order valence-corrected chi connectivity index (χ3v) is 2.73. The van der Waals surface area contributed by atoms with Gasteiger partial charge in [0.15, 0.2) is 17.5 Å². The number of ether oxygens (including phenoxy) is 1. The smallest absolute Gasteiger partial charge is 0.240 e. The normalized spacial score (nSPS) is 18.5. The van der Waals surface area contributed by atoms with Gasteiger partial charge in [0.25, 0.3) is 0 Å². The van der Waals surface area contributed by atoms with Gasteiger partial charge >= 0.3 is 0 Å². The van der Waals surface area contributed by atoms with Crippen molar-refractivity contribution in [3.05, 3.63) is 29.3 Å². The molecule has 0 saturated heterocycles. The third-order valence-electron chi connectivity index (χ3n) is 2.51. The SMILES string of the molecule is COc1ccc2c(c1)C(=O)C(C(=O)Cl)C2=O. The van der Waals surface area contributed by atoms with Crippen molar-refractivity contribution in [1.82, 2.24) is 0 Å². The average molecular weight is 239 g/mol. The molecule has 0 heterocycles. The summed E-state index contributed by atoms with van der Waals surface area (Å²) in [6.07, 6.45) is 0. The molecule has 16 heavy (non-hydrogen) atoms. The van der Waals surface area contributed by atoms with E-state index in [2.05, 4.69) is 0 Å². The van der Waals surface area contributed by atoms with E-state index in [9.17, 15) is 14.4 Å². The van der Waals surface area contributed by atoms with Gasteiger partial charge in [-0.1, -0.05) is 0 Å². The van der Waals surface area contributed by atoms with Crippen molar-refractivity contribution in [3.8, 4) is 5.75 Å². The fraction of sp³-hybridized carbons (Fsp3) is 0.182. The Morgan fingerprint density at radius 2 is 1.88 bits per heavy atom. The Morgan fingerprint density at radius 1 is 1.25 bits per heavy atom. The minimum absolute atomic E-state index is 0.198. The second kappa shape index (κ2) is 3.72. The topological polar surface area (TPSA) is 60.4 Å². The molecule has 0 fully saturated rings. The van der Waals surface area contributed by atoms with Crippen molar-refractivity contribution in [2.45, 2.75) is 0 Å². The molecule has 1 unspecified atom stereocenters. The second-order valence-electron chi connectivity index (χ2n) is 3.38. The van der Waals surface area contributed by atoms with Crippen LogP contribution in [-0.4, -0.2) is 23.9 Å². The highest BCUT2D eigenvalue weighted by Gasteiger charge is 2.42. The van der Waals surface area contributed by atoms with Crippen LogP contribution in [0.3, 0.4) is 0 Å². The number of hydrogen-bond donors (Lipinski definition) is 0. The van der Waals surface area contributed by atoms with Crippen LogP contribution in [-0.2, 0) is 4.79 Å².